The number of nitro groups is 1. The summed E-state index contributed by atoms with van der Waals surface area (Å²) >= 11 is 3.52. The smallest absolute Gasteiger partial charge is 0.270 e. The zero-order valence-electron chi connectivity index (χ0n) is 16.6. The summed E-state index contributed by atoms with van der Waals surface area (Å²) in [5.74, 6) is 0.827. The van der Waals surface area contributed by atoms with Crippen LogP contribution in [0.15, 0.2) is 47.6 Å². The molecule has 3 aromatic rings. The van der Waals surface area contributed by atoms with Gasteiger partial charge >= 0.3 is 0 Å². The molecule has 8 nitrogen and oxygen atoms in total. The van der Waals surface area contributed by atoms with Gasteiger partial charge in [-0.05, 0) is 52.3 Å². The molecule has 0 atom stereocenters. The number of anilines is 1. The van der Waals surface area contributed by atoms with Gasteiger partial charge in [0, 0.05) is 34.0 Å². The summed E-state index contributed by atoms with van der Waals surface area (Å²) in [5.41, 5.74) is 2.48. The average Bonchev–Trinajstić information content (AvgIpc) is 3.08. The van der Waals surface area contributed by atoms with Crippen molar-refractivity contribution in [1.29, 1.82) is 0 Å². The Morgan fingerprint density at radius 2 is 2.03 bits per heavy atom. The molecule has 0 aliphatic rings. The molecule has 0 unspecified atom stereocenters. The maximum atomic E-state index is 12.5. The number of amides is 1. The molecule has 0 spiro atoms. The Morgan fingerprint density at radius 1 is 1.27 bits per heavy atom. The van der Waals surface area contributed by atoms with Crippen molar-refractivity contribution in [3.63, 3.8) is 0 Å². The first kappa shape index (κ1) is 22.2. The van der Waals surface area contributed by atoms with Gasteiger partial charge in [0.15, 0.2) is 11.0 Å². The molecule has 1 N–H and O–H groups in total. The van der Waals surface area contributed by atoms with Gasteiger partial charge in [-0.25, -0.2) is 0 Å². The Kier molecular flexibility index (Phi) is 7.08. The third-order valence-corrected chi connectivity index (χ3v) is 6.08. The van der Waals surface area contributed by atoms with E-state index in [4.69, 9.17) is 0 Å². The van der Waals surface area contributed by atoms with Gasteiger partial charge in [0.2, 0.25) is 5.91 Å². The van der Waals surface area contributed by atoms with Crippen molar-refractivity contribution in [2.75, 3.05) is 11.1 Å². The van der Waals surface area contributed by atoms with Crippen LogP contribution in [0.2, 0.25) is 0 Å². The van der Waals surface area contributed by atoms with E-state index < -0.39 is 4.92 Å². The first-order chi connectivity index (χ1) is 14.3. The number of non-ortho nitro benzene ring substituents is 1. The minimum absolute atomic E-state index is 0.0115. The van der Waals surface area contributed by atoms with Crippen LogP contribution in [-0.2, 0) is 11.8 Å². The van der Waals surface area contributed by atoms with Crippen molar-refractivity contribution < 1.29 is 9.72 Å². The molecule has 1 heterocycles. The summed E-state index contributed by atoms with van der Waals surface area (Å²) in [4.78, 5) is 23.0. The molecule has 0 saturated heterocycles. The van der Waals surface area contributed by atoms with E-state index in [9.17, 15) is 14.9 Å². The van der Waals surface area contributed by atoms with Gasteiger partial charge in [-0.3, -0.25) is 14.9 Å². The molecule has 0 fully saturated rings. The van der Waals surface area contributed by atoms with E-state index in [-0.39, 0.29) is 17.3 Å². The van der Waals surface area contributed by atoms with Gasteiger partial charge in [-0.15, -0.1) is 10.2 Å². The normalized spacial score (nSPS) is 11.0. The number of halogens is 1. The molecule has 3 rings (SSSR count). The lowest BCUT2D eigenvalue weighted by atomic mass is 10.0. The van der Waals surface area contributed by atoms with E-state index in [1.165, 1.54) is 23.9 Å². The van der Waals surface area contributed by atoms with E-state index in [1.807, 2.05) is 12.1 Å². The number of carbonyl (C=O) groups excluding carboxylic acids is 1. The van der Waals surface area contributed by atoms with Crippen LogP contribution >= 0.6 is 34.4 Å². The standard InChI is InChI=1S/C20H20IN5O3S/c1-12(2)16-10-14(21)7-8-17(16)22-18(27)11-30-20-24-23-19(25(20)3)13-5-4-6-15(9-13)26(28)29/h4-10,12H,11H2,1-3H3,(H,22,27). The Hall–Kier alpha value is -2.47. The predicted octanol–water partition coefficient (Wildman–Crippen LogP) is 4.85. The summed E-state index contributed by atoms with van der Waals surface area (Å²) in [7, 11) is 1.77. The minimum atomic E-state index is -0.449. The van der Waals surface area contributed by atoms with Crippen LogP contribution in [0, 0.1) is 13.7 Å². The SMILES string of the molecule is CC(C)c1cc(I)ccc1NC(=O)CSc1nnc(-c2cccc([N+](=O)[O-])c2)n1C. The Labute approximate surface area is 191 Å². The molecule has 2 aromatic carbocycles. The number of nitro benzene ring substituents is 1. The highest BCUT2D eigenvalue weighted by Crippen LogP contribution is 2.28. The van der Waals surface area contributed by atoms with E-state index >= 15 is 0 Å². The predicted molar refractivity (Wildman–Crippen MR) is 126 cm³/mol. The van der Waals surface area contributed by atoms with Gasteiger partial charge in [-0.2, -0.15) is 0 Å². The molecule has 0 bridgehead atoms. The van der Waals surface area contributed by atoms with Crippen molar-refractivity contribution in [3.05, 3.63) is 61.7 Å². The lowest BCUT2D eigenvalue weighted by Crippen LogP contribution is -2.16. The van der Waals surface area contributed by atoms with Crippen LogP contribution in [0.1, 0.15) is 25.3 Å². The molecule has 0 radical (unpaired) electrons. The zero-order valence-corrected chi connectivity index (χ0v) is 19.6. The monoisotopic (exact) mass is 537 g/mol. The molecule has 156 valence electrons. The van der Waals surface area contributed by atoms with Crippen LogP contribution in [0.5, 0.6) is 0 Å². The van der Waals surface area contributed by atoms with Crippen LogP contribution < -0.4 is 5.32 Å². The number of aromatic nitrogens is 3. The Balaban J connectivity index is 1.70. The van der Waals surface area contributed by atoms with Crippen molar-refractivity contribution >= 4 is 51.6 Å². The maximum absolute atomic E-state index is 12.5. The number of carbonyl (C=O) groups is 1. The summed E-state index contributed by atoms with van der Waals surface area (Å²) in [6, 6.07) is 12.2. The number of hydrogen-bond acceptors (Lipinski definition) is 6. The second kappa shape index (κ2) is 9.56. The van der Waals surface area contributed by atoms with Gasteiger partial charge in [-0.1, -0.05) is 37.7 Å². The third-order valence-electron chi connectivity index (χ3n) is 4.39. The Bertz CT molecular complexity index is 1100. The zero-order chi connectivity index (χ0) is 21.8. The number of rotatable bonds is 7. The van der Waals surface area contributed by atoms with Crippen molar-refractivity contribution in [2.45, 2.75) is 24.9 Å². The molecule has 0 aliphatic carbocycles. The number of nitrogens with one attached hydrogen (secondary N) is 1. The molecule has 1 amide bonds. The lowest BCUT2D eigenvalue weighted by molar-refractivity contribution is -0.384. The van der Waals surface area contributed by atoms with Gasteiger partial charge in [0.05, 0.1) is 10.7 Å². The topological polar surface area (TPSA) is 103 Å². The van der Waals surface area contributed by atoms with E-state index in [0.717, 1.165) is 14.8 Å². The maximum Gasteiger partial charge on any atom is 0.270 e. The largest absolute Gasteiger partial charge is 0.325 e. The highest BCUT2D eigenvalue weighted by molar-refractivity contribution is 14.1. The molecule has 30 heavy (non-hydrogen) atoms. The van der Waals surface area contributed by atoms with Crippen LogP contribution in [0.25, 0.3) is 11.4 Å². The summed E-state index contributed by atoms with van der Waals surface area (Å²) in [6.07, 6.45) is 0. The highest BCUT2D eigenvalue weighted by atomic mass is 127. The van der Waals surface area contributed by atoms with Crippen molar-refractivity contribution in [2.24, 2.45) is 7.05 Å². The molecule has 10 heteroatoms. The summed E-state index contributed by atoms with van der Waals surface area (Å²) < 4.78 is 2.85. The second-order valence-electron chi connectivity index (χ2n) is 6.90. The average molecular weight is 537 g/mol. The minimum Gasteiger partial charge on any atom is -0.325 e. The number of hydrogen-bond donors (Lipinski definition) is 1. The van der Waals surface area contributed by atoms with E-state index in [1.54, 1.807) is 23.7 Å². The van der Waals surface area contributed by atoms with Crippen LogP contribution in [-0.4, -0.2) is 31.3 Å². The summed E-state index contributed by atoms with van der Waals surface area (Å²) in [5, 5.41) is 22.8. The fourth-order valence-corrected chi connectivity index (χ4v) is 4.12. The molecule has 1 aromatic heterocycles. The molecular formula is C20H20IN5O3S. The fraction of sp³-hybridized carbons (Fsp3) is 0.250. The molecular weight excluding hydrogens is 517 g/mol. The third kappa shape index (κ3) is 5.17. The lowest BCUT2D eigenvalue weighted by Gasteiger charge is -2.14. The van der Waals surface area contributed by atoms with Crippen LogP contribution in [0.3, 0.4) is 0 Å². The summed E-state index contributed by atoms with van der Waals surface area (Å²) in [6.45, 7) is 4.18. The molecule has 0 saturated carbocycles. The quantitative estimate of drug-likeness (QED) is 0.200. The van der Waals surface area contributed by atoms with E-state index in [0.29, 0.717) is 22.5 Å². The molecule has 0 aliphatic heterocycles. The van der Waals surface area contributed by atoms with Gasteiger partial charge in [0.25, 0.3) is 5.69 Å². The van der Waals surface area contributed by atoms with Gasteiger partial charge in [0.1, 0.15) is 0 Å². The van der Waals surface area contributed by atoms with Gasteiger partial charge < -0.3 is 9.88 Å². The first-order valence-corrected chi connectivity index (χ1v) is 11.2. The Morgan fingerprint density at radius 3 is 2.73 bits per heavy atom. The van der Waals surface area contributed by atoms with Crippen molar-refractivity contribution in [3.8, 4) is 11.4 Å². The second-order valence-corrected chi connectivity index (χ2v) is 9.08. The number of benzene rings is 2. The van der Waals surface area contributed by atoms with E-state index in [2.05, 4.69) is 58.0 Å². The first-order valence-electron chi connectivity index (χ1n) is 9.12. The number of nitrogens with zero attached hydrogens (tertiary/aromatic N) is 4. The fourth-order valence-electron chi connectivity index (χ4n) is 2.89. The van der Waals surface area contributed by atoms with Crippen molar-refractivity contribution in [1.82, 2.24) is 14.8 Å². The van der Waals surface area contributed by atoms with Crippen LogP contribution in [0.4, 0.5) is 11.4 Å². The number of thioether (sulfide) groups is 1. The highest BCUT2D eigenvalue weighted by Gasteiger charge is 2.16.